The molecule has 0 aliphatic rings. The lowest BCUT2D eigenvalue weighted by molar-refractivity contribution is 0.0510. The molecule has 1 nitrogen and oxygen atoms in total. The molecule has 0 aromatic carbocycles. The van der Waals surface area contributed by atoms with Crippen LogP contribution in [0.2, 0.25) is 0 Å². The van der Waals surface area contributed by atoms with E-state index in [4.69, 9.17) is 11.2 Å². The van der Waals surface area contributed by atoms with Crippen LogP contribution in [0.1, 0.15) is 33.6 Å². The van der Waals surface area contributed by atoms with Gasteiger partial charge in [-0.15, -0.1) is 6.42 Å². The second-order valence-corrected chi connectivity index (χ2v) is 3.40. The van der Waals surface area contributed by atoms with Gasteiger partial charge in [0, 0.05) is 7.11 Å². The average molecular weight is 166 g/mol. The van der Waals surface area contributed by atoms with Crippen LogP contribution in [0.15, 0.2) is 11.6 Å². The maximum atomic E-state index is 5.34. The molecule has 0 radical (unpaired) electrons. The van der Waals surface area contributed by atoms with Crippen LogP contribution in [0.4, 0.5) is 0 Å². The molecule has 0 aromatic rings. The first-order valence-corrected chi connectivity index (χ1v) is 4.20. The van der Waals surface area contributed by atoms with Crippen molar-refractivity contribution in [2.45, 2.75) is 39.2 Å². The highest BCUT2D eigenvalue weighted by molar-refractivity contribution is 5.07. The first kappa shape index (κ1) is 11.3. The normalized spacial score (nSPS) is 14.6. The fraction of sp³-hybridized carbons (Fsp3) is 0.636. The fourth-order valence-corrected chi connectivity index (χ4v) is 0.869. The Balaban J connectivity index is 3.92. The number of terminal acetylenes is 1. The monoisotopic (exact) mass is 166 g/mol. The van der Waals surface area contributed by atoms with Crippen molar-refractivity contribution in [1.29, 1.82) is 0 Å². The SMILES string of the molecule is C#CC(C)(CCC=C(C)C)OC. The van der Waals surface area contributed by atoms with Gasteiger partial charge in [-0.25, -0.2) is 0 Å². The van der Waals surface area contributed by atoms with Gasteiger partial charge >= 0.3 is 0 Å². The molecule has 0 rings (SSSR count). The summed E-state index contributed by atoms with van der Waals surface area (Å²) in [4.78, 5) is 0. The molecule has 0 bridgehead atoms. The van der Waals surface area contributed by atoms with E-state index in [0.717, 1.165) is 12.8 Å². The summed E-state index contributed by atoms with van der Waals surface area (Å²) in [5.41, 5.74) is 0.928. The van der Waals surface area contributed by atoms with Gasteiger partial charge in [-0.05, 0) is 33.6 Å². The number of rotatable bonds is 4. The van der Waals surface area contributed by atoms with Gasteiger partial charge in [0.05, 0.1) is 0 Å². The van der Waals surface area contributed by atoms with Crippen LogP contribution in [0.25, 0.3) is 0 Å². The van der Waals surface area contributed by atoms with Crippen molar-refractivity contribution < 1.29 is 4.74 Å². The van der Waals surface area contributed by atoms with Crippen LogP contribution < -0.4 is 0 Å². The van der Waals surface area contributed by atoms with Gasteiger partial charge in [0.1, 0.15) is 5.60 Å². The van der Waals surface area contributed by atoms with Crippen molar-refractivity contribution in [3.05, 3.63) is 11.6 Å². The standard InChI is InChI=1S/C11H18O/c1-6-11(4,12-5)9-7-8-10(2)3/h1,8H,7,9H2,2-5H3. The second kappa shape index (κ2) is 5.00. The Morgan fingerprint density at radius 3 is 2.50 bits per heavy atom. The average Bonchev–Trinajstić information content (AvgIpc) is 2.03. The molecule has 0 N–H and O–H groups in total. The molecule has 12 heavy (non-hydrogen) atoms. The highest BCUT2D eigenvalue weighted by atomic mass is 16.5. The van der Waals surface area contributed by atoms with Gasteiger partial charge in [-0.2, -0.15) is 0 Å². The topological polar surface area (TPSA) is 9.23 Å². The maximum Gasteiger partial charge on any atom is 0.125 e. The van der Waals surface area contributed by atoms with Crippen LogP contribution in [0.3, 0.4) is 0 Å². The first-order valence-electron chi connectivity index (χ1n) is 4.20. The Bertz CT molecular complexity index is 194. The van der Waals surface area contributed by atoms with Gasteiger partial charge in [-0.3, -0.25) is 0 Å². The van der Waals surface area contributed by atoms with Gasteiger partial charge < -0.3 is 4.74 Å². The lowest BCUT2D eigenvalue weighted by Crippen LogP contribution is -2.24. The van der Waals surface area contributed by atoms with E-state index in [9.17, 15) is 0 Å². The summed E-state index contributed by atoms with van der Waals surface area (Å²) in [5.74, 6) is 2.65. The predicted molar refractivity (Wildman–Crippen MR) is 52.9 cm³/mol. The van der Waals surface area contributed by atoms with Crippen molar-refractivity contribution in [2.24, 2.45) is 0 Å². The van der Waals surface area contributed by atoms with Crippen LogP contribution in [-0.4, -0.2) is 12.7 Å². The van der Waals surface area contributed by atoms with E-state index in [-0.39, 0.29) is 0 Å². The van der Waals surface area contributed by atoms with Crippen molar-refractivity contribution in [1.82, 2.24) is 0 Å². The number of allylic oxidation sites excluding steroid dienone is 2. The van der Waals surface area contributed by atoms with Crippen LogP contribution in [0, 0.1) is 12.3 Å². The van der Waals surface area contributed by atoms with E-state index >= 15 is 0 Å². The predicted octanol–water partition coefficient (Wildman–Crippen LogP) is 2.77. The Morgan fingerprint density at radius 1 is 1.58 bits per heavy atom. The lowest BCUT2D eigenvalue weighted by Gasteiger charge is -2.20. The molecule has 0 saturated heterocycles. The Hall–Kier alpha value is -0.740. The van der Waals surface area contributed by atoms with Crippen molar-refractivity contribution in [3.8, 4) is 12.3 Å². The molecule has 1 atom stereocenters. The molecule has 0 heterocycles. The van der Waals surface area contributed by atoms with Gasteiger partial charge in [0.2, 0.25) is 0 Å². The zero-order chi connectivity index (χ0) is 9.61. The molecule has 0 aromatic heterocycles. The molecule has 0 fully saturated rings. The Labute approximate surface area is 75.8 Å². The van der Waals surface area contributed by atoms with Crippen molar-refractivity contribution in [3.63, 3.8) is 0 Å². The number of methoxy groups -OCH3 is 1. The van der Waals surface area contributed by atoms with Crippen molar-refractivity contribution >= 4 is 0 Å². The number of ether oxygens (including phenoxy) is 1. The molecule has 0 aliphatic carbocycles. The molecule has 0 saturated carbocycles. The fourth-order valence-electron chi connectivity index (χ4n) is 0.869. The van der Waals surface area contributed by atoms with Crippen LogP contribution >= 0.6 is 0 Å². The Kier molecular flexibility index (Phi) is 4.70. The Morgan fingerprint density at radius 2 is 2.17 bits per heavy atom. The van der Waals surface area contributed by atoms with E-state index in [1.807, 2.05) is 6.92 Å². The van der Waals surface area contributed by atoms with Crippen molar-refractivity contribution in [2.75, 3.05) is 7.11 Å². The van der Waals surface area contributed by atoms with Gasteiger partial charge in [0.15, 0.2) is 0 Å². The minimum atomic E-state index is -0.397. The number of hydrogen-bond acceptors (Lipinski definition) is 1. The molecular formula is C11H18O. The lowest BCUT2D eigenvalue weighted by atomic mass is 10.0. The van der Waals surface area contributed by atoms with E-state index in [0.29, 0.717) is 0 Å². The molecular weight excluding hydrogens is 148 g/mol. The molecule has 0 aliphatic heterocycles. The highest BCUT2D eigenvalue weighted by Gasteiger charge is 2.18. The summed E-state index contributed by atoms with van der Waals surface area (Å²) in [7, 11) is 1.66. The third kappa shape index (κ3) is 4.20. The first-order chi connectivity index (χ1) is 5.54. The summed E-state index contributed by atoms with van der Waals surface area (Å²) in [6.07, 6.45) is 9.38. The van der Waals surface area contributed by atoms with Crippen LogP contribution in [0.5, 0.6) is 0 Å². The van der Waals surface area contributed by atoms with Gasteiger partial charge in [-0.1, -0.05) is 17.6 Å². The summed E-state index contributed by atoms with van der Waals surface area (Å²) in [6.45, 7) is 6.10. The largest absolute Gasteiger partial charge is 0.366 e. The molecule has 0 spiro atoms. The maximum absolute atomic E-state index is 5.34. The minimum Gasteiger partial charge on any atom is -0.366 e. The molecule has 1 unspecified atom stereocenters. The van der Waals surface area contributed by atoms with E-state index < -0.39 is 5.60 Å². The van der Waals surface area contributed by atoms with Gasteiger partial charge in [0.25, 0.3) is 0 Å². The summed E-state index contributed by atoms with van der Waals surface area (Å²) >= 11 is 0. The summed E-state index contributed by atoms with van der Waals surface area (Å²) in [5, 5.41) is 0. The summed E-state index contributed by atoms with van der Waals surface area (Å²) in [6, 6.07) is 0. The highest BCUT2D eigenvalue weighted by Crippen LogP contribution is 2.16. The molecule has 68 valence electrons. The third-order valence-corrected chi connectivity index (χ3v) is 1.93. The zero-order valence-electron chi connectivity index (χ0n) is 8.48. The number of hydrogen-bond donors (Lipinski definition) is 0. The summed E-state index contributed by atoms with van der Waals surface area (Å²) < 4.78 is 5.20. The smallest absolute Gasteiger partial charge is 0.125 e. The zero-order valence-corrected chi connectivity index (χ0v) is 8.48. The van der Waals surface area contributed by atoms with Crippen LogP contribution in [-0.2, 0) is 4.74 Å². The second-order valence-electron chi connectivity index (χ2n) is 3.40. The third-order valence-electron chi connectivity index (χ3n) is 1.93. The minimum absolute atomic E-state index is 0.397. The quantitative estimate of drug-likeness (QED) is 0.461. The molecule has 0 amide bonds. The van der Waals surface area contributed by atoms with E-state index in [1.54, 1.807) is 7.11 Å². The van der Waals surface area contributed by atoms with E-state index in [2.05, 4.69) is 25.8 Å². The van der Waals surface area contributed by atoms with E-state index in [1.165, 1.54) is 5.57 Å². The molecule has 1 heteroatoms.